The summed E-state index contributed by atoms with van der Waals surface area (Å²) in [4.78, 5) is 21.0. The molecule has 2 N–H and O–H groups in total. The van der Waals surface area contributed by atoms with Gasteiger partial charge in [0.25, 0.3) is 0 Å². The third-order valence-corrected chi connectivity index (χ3v) is 4.91. The number of aromatic nitrogens is 1. The van der Waals surface area contributed by atoms with Gasteiger partial charge in [-0.15, -0.1) is 0 Å². The number of hydrogen-bond donors (Lipinski definition) is 1. The first-order valence-corrected chi connectivity index (χ1v) is 7.75. The first kappa shape index (κ1) is 14.4. The highest BCUT2D eigenvalue weighted by molar-refractivity contribution is 6.32. The number of nitrogens with zero attached hydrogens (tertiary/aromatic N) is 3. The Bertz CT molecular complexity index is 573. The molecule has 0 radical (unpaired) electrons. The van der Waals surface area contributed by atoms with Crippen molar-refractivity contribution in [1.29, 1.82) is 0 Å². The number of piperazine rings is 1. The molecule has 114 valence electrons. The van der Waals surface area contributed by atoms with E-state index < -0.39 is 0 Å². The molecule has 1 saturated carbocycles. The van der Waals surface area contributed by atoms with Gasteiger partial charge in [-0.25, -0.2) is 4.98 Å². The number of nitrogen functional groups attached to an aromatic ring is 1. The maximum atomic E-state index is 12.4. The van der Waals surface area contributed by atoms with Crippen LogP contribution in [0.4, 0.5) is 11.5 Å². The highest BCUT2D eigenvalue weighted by Crippen LogP contribution is 2.46. The van der Waals surface area contributed by atoms with Crippen LogP contribution in [0.5, 0.6) is 0 Å². The molecule has 21 heavy (non-hydrogen) atoms. The quantitative estimate of drug-likeness (QED) is 0.909. The Morgan fingerprint density at radius 2 is 2.19 bits per heavy atom. The van der Waals surface area contributed by atoms with Gasteiger partial charge in [0.2, 0.25) is 5.91 Å². The minimum absolute atomic E-state index is 0.0924. The highest BCUT2D eigenvalue weighted by Gasteiger charge is 2.47. The molecule has 5 nitrogen and oxygen atoms in total. The lowest BCUT2D eigenvalue weighted by Crippen LogP contribution is -2.55. The maximum Gasteiger partial charge on any atom is 0.228 e. The van der Waals surface area contributed by atoms with Crippen LogP contribution in [0, 0.1) is 5.41 Å². The molecule has 1 saturated heterocycles. The molecule has 2 fully saturated rings. The van der Waals surface area contributed by atoms with Crippen molar-refractivity contribution in [2.24, 2.45) is 5.41 Å². The first-order valence-electron chi connectivity index (χ1n) is 7.38. The van der Waals surface area contributed by atoms with Gasteiger partial charge in [-0.2, -0.15) is 0 Å². The van der Waals surface area contributed by atoms with Gasteiger partial charge in [0.1, 0.15) is 5.82 Å². The number of rotatable bonds is 2. The summed E-state index contributed by atoms with van der Waals surface area (Å²) in [6, 6.07) is 2.02. The average Bonchev–Trinajstić information content (AvgIpc) is 3.20. The molecular weight excluding hydrogens is 288 g/mol. The first-order chi connectivity index (χ1) is 9.90. The number of carbonyl (C=O) groups excluding carboxylic acids is 1. The number of carbonyl (C=O) groups is 1. The lowest BCUT2D eigenvalue weighted by molar-refractivity contribution is -0.137. The zero-order chi connectivity index (χ0) is 15.2. The lowest BCUT2D eigenvalue weighted by atomic mass is 10.1. The van der Waals surface area contributed by atoms with E-state index in [0.717, 1.165) is 38.3 Å². The second kappa shape index (κ2) is 5.05. The minimum atomic E-state index is -0.0924. The average molecular weight is 309 g/mol. The van der Waals surface area contributed by atoms with Gasteiger partial charge >= 0.3 is 0 Å². The second-order valence-electron chi connectivity index (χ2n) is 6.42. The number of pyridine rings is 1. The number of hydrogen-bond acceptors (Lipinski definition) is 4. The normalized spacial score (nSPS) is 24.0. The summed E-state index contributed by atoms with van der Waals surface area (Å²) in [6.45, 7) is 6.42. The Balaban J connectivity index is 1.71. The Hall–Kier alpha value is -1.49. The van der Waals surface area contributed by atoms with Crippen molar-refractivity contribution >= 4 is 29.0 Å². The molecule has 1 aromatic rings. The van der Waals surface area contributed by atoms with Crippen LogP contribution < -0.4 is 10.6 Å². The summed E-state index contributed by atoms with van der Waals surface area (Å²) < 4.78 is 0. The molecule has 0 aromatic carbocycles. The van der Waals surface area contributed by atoms with Crippen LogP contribution >= 0.6 is 11.6 Å². The van der Waals surface area contributed by atoms with Crippen molar-refractivity contribution in [3.05, 3.63) is 17.3 Å². The van der Waals surface area contributed by atoms with Crippen molar-refractivity contribution < 1.29 is 4.79 Å². The van der Waals surface area contributed by atoms with Gasteiger partial charge in [0.05, 0.1) is 10.7 Å². The summed E-state index contributed by atoms with van der Waals surface area (Å²) in [5.74, 6) is 1.13. The van der Waals surface area contributed by atoms with E-state index in [1.165, 1.54) is 0 Å². The van der Waals surface area contributed by atoms with Crippen LogP contribution in [-0.2, 0) is 4.79 Å². The summed E-state index contributed by atoms with van der Waals surface area (Å²) >= 11 is 5.92. The number of nitrogens with two attached hydrogens (primary N) is 1. The predicted octanol–water partition coefficient (Wildman–Crippen LogP) is 2.15. The van der Waals surface area contributed by atoms with Gasteiger partial charge in [0, 0.05) is 43.4 Å². The molecule has 1 atom stereocenters. The summed E-state index contributed by atoms with van der Waals surface area (Å²) in [5, 5.41) is 0.474. The SMILES string of the molecule is CC1CN(C(=O)C2(C)CC2)CCN1c1cc(N)c(Cl)cn1. The van der Waals surface area contributed by atoms with E-state index >= 15 is 0 Å². The van der Waals surface area contributed by atoms with Crippen molar-refractivity contribution in [3.8, 4) is 0 Å². The molecule has 1 amide bonds. The molecule has 2 aliphatic rings. The third kappa shape index (κ3) is 2.67. The fourth-order valence-corrected chi connectivity index (χ4v) is 2.97. The number of halogens is 1. The Kier molecular flexibility index (Phi) is 3.48. The Morgan fingerprint density at radius 1 is 1.48 bits per heavy atom. The smallest absolute Gasteiger partial charge is 0.228 e. The number of amides is 1. The molecular formula is C15H21ClN4O. The van der Waals surface area contributed by atoms with Crippen LogP contribution in [0.1, 0.15) is 26.7 Å². The van der Waals surface area contributed by atoms with E-state index in [1.54, 1.807) is 12.3 Å². The summed E-state index contributed by atoms with van der Waals surface area (Å²) in [5.41, 5.74) is 6.30. The van der Waals surface area contributed by atoms with Crippen molar-refractivity contribution in [3.63, 3.8) is 0 Å². The lowest BCUT2D eigenvalue weighted by Gasteiger charge is -2.41. The molecule has 1 unspecified atom stereocenters. The molecule has 1 aliphatic carbocycles. The molecule has 0 spiro atoms. The van der Waals surface area contributed by atoms with Gasteiger partial charge < -0.3 is 15.5 Å². The Labute approximate surface area is 130 Å². The topological polar surface area (TPSA) is 62.5 Å². The van der Waals surface area contributed by atoms with Crippen LogP contribution in [0.3, 0.4) is 0 Å². The van der Waals surface area contributed by atoms with E-state index in [2.05, 4.69) is 23.7 Å². The molecule has 6 heteroatoms. The van der Waals surface area contributed by atoms with Crippen molar-refractivity contribution in [2.75, 3.05) is 30.3 Å². The maximum absolute atomic E-state index is 12.4. The molecule has 3 rings (SSSR count). The molecule has 2 heterocycles. The standard InChI is InChI=1S/C15H21ClN4O/c1-10-9-19(14(21)15(2)3-4-15)5-6-20(10)13-7-12(17)11(16)8-18-13/h7-8,10H,3-6,9H2,1-2H3,(H2,17,18). The summed E-state index contributed by atoms with van der Waals surface area (Å²) in [7, 11) is 0. The van der Waals surface area contributed by atoms with Crippen molar-refractivity contribution in [2.45, 2.75) is 32.7 Å². The molecule has 1 aliphatic heterocycles. The number of anilines is 2. The van der Waals surface area contributed by atoms with Crippen LogP contribution in [0.15, 0.2) is 12.3 Å². The fraction of sp³-hybridized carbons (Fsp3) is 0.600. The third-order valence-electron chi connectivity index (χ3n) is 4.60. The van der Waals surface area contributed by atoms with Gasteiger partial charge in [-0.05, 0) is 19.8 Å². The van der Waals surface area contributed by atoms with Crippen molar-refractivity contribution in [1.82, 2.24) is 9.88 Å². The second-order valence-corrected chi connectivity index (χ2v) is 6.83. The largest absolute Gasteiger partial charge is 0.397 e. The fourth-order valence-electron chi connectivity index (χ4n) is 2.87. The predicted molar refractivity (Wildman–Crippen MR) is 84.4 cm³/mol. The van der Waals surface area contributed by atoms with E-state index in [0.29, 0.717) is 16.6 Å². The van der Waals surface area contributed by atoms with Crippen LogP contribution in [0.2, 0.25) is 5.02 Å². The van der Waals surface area contributed by atoms with E-state index in [-0.39, 0.29) is 11.5 Å². The zero-order valence-electron chi connectivity index (χ0n) is 12.5. The van der Waals surface area contributed by atoms with E-state index in [4.69, 9.17) is 17.3 Å². The molecule has 1 aromatic heterocycles. The van der Waals surface area contributed by atoms with Crippen LogP contribution in [-0.4, -0.2) is 41.5 Å². The van der Waals surface area contributed by atoms with Gasteiger partial charge in [0.15, 0.2) is 0 Å². The summed E-state index contributed by atoms with van der Waals surface area (Å²) in [6.07, 6.45) is 3.63. The van der Waals surface area contributed by atoms with E-state index in [1.807, 2.05) is 4.90 Å². The van der Waals surface area contributed by atoms with Crippen LogP contribution in [0.25, 0.3) is 0 Å². The zero-order valence-corrected chi connectivity index (χ0v) is 13.2. The molecule has 0 bridgehead atoms. The highest BCUT2D eigenvalue weighted by atomic mass is 35.5. The monoisotopic (exact) mass is 308 g/mol. The van der Waals surface area contributed by atoms with E-state index in [9.17, 15) is 4.79 Å². The van der Waals surface area contributed by atoms with Gasteiger partial charge in [-0.3, -0.25) is 4.79 Å². The van der Waals surface area contributed by atoms with Gasteiger partial charge in [-0.1, -0.05) is 18.5 Å². The minimum Gasteiger partial charge on any atom is -0.397 e. The Morgan fingerprint density at radius 3 is 2.76 bits per heavy atom.